The number of anilines is 1. The largest absolute Gasteiger partial charge is 0.332 e. The number of rotatable bonds is 7. The molecule has 0 aliphatic carbocycles. The van der Waals surface area contributed by atoms with E-state index < -0.39 is 11.6 Å². The molecule has 0 aliphatic rings. The fraction of sp³-hybridized carbons (Fsp3) is 0.182. The Morgan fingerprint density at radius 1 is 1.00 bits per heavy atom. The summed E-state index contributed by atoms with van der Waals surface area (Å²) in [5.74, 6) is -0.926. The minimum Gasteiger partial charge on any atom is -0.332 e. The molecule has 0 spiro atoms. The molecule has 0 unspecified atom stereocenters. The Morgan fingerprint density at radius 3 is 2.50 bits per heavy atom. The highest BCUT2D eigenvalue weighted by Crippen LogP contribution is 2.18. The molecule has 0 fully saturated rings. The van der Waals surface area contributed by atoms with Gasteiger partial charge in [-0.05, 0) is 30.7 Å². The molecule has 3 heterocycles. The molecule has 1 aromatic carbocycles. The first kappa shape index (κ1) is 21.2. The standard InChI is InChI=1S/C22H18F2N6O2/c1-2-15-19(24)16(27-22(26-15)29-20(31)13-6-4-3-5-7-13)10-11-18-28-21(32-30-18)17-9-8-14(23)12-25-17/h3-9,12H,2,10-11H2,1H3,(H,26,27,29,31). The van der Waals surface area contributed by atoms with E-state index >= 15 is 0 Å². The van der Waals surface area contributed by atoms with Crippen molar-refractivity contribution >= 4 is 11.9 Å². The summed E-state index contributed by atoms with van der Waals surface area (Å²) in [6.45, 7) is 1.76. The van der Waals surface area contributed by atoms with E-state index in [0.717, 1.165) is 6.20 Å². The van der Waals surface area contributed by atoms with Gasteiger partial charge in [-0.1, -0.05) is 30.3 Å². The van der Waals surface area contributed by atoms with Crippen molar-refractivity contribution in [2.24, 2.45) is 0 Å². The van der Waals surface area contributed by atoms with Crippen LogP contribution in [0.1, 0.15) is 34.5 Å². The fourth-order valence-electron chi connectivity index (χ4n) is 2.96. The first-order valence-corrected chi connectivity index (χ1v) is 9.89. The van der Waals surface area contributed by atoms with E-state index in [-0.39, 0.29) is 42.0 Å². The number of nitrogens with one attached hydrogen (secondary N) is 1. The first-order chi connectivity index (χ1) is 15.5. The van der Waals surface area contributed by atoms with Gasteiger partial charge < -0.3 is 4.52 Å². The van der Waals surface area contributed by atoms with Crippen LogP contribution in [-0.2, 0) is 19.3 Å². The smallest absolute Gasteiger partial charge is 0.276 e. The molecule has 10 heteroatoms. The molecule has 4 aromatic rings. The Labute approximate surface area is 181 Å². The van der Waals surface area contributed by atoms with Gasteiger partial charge in [0.1, 0.15) is 11.5 Å². The van der Waals surface area contributed by atoms with Crippen molar-refractivity contribution in [3.05, 3.63) is 83.1 Å². The number of carbonyl (C=O) groups excluding carboxylic acids is 1. The number of hydrogen-bond acceptors (Lipinski definition) is 7. The van der Waals surface area contributed by atoms with Crippen LogP contribution < -0.4 is 5.32 Å². The minimum atomic E-state index is -0.533. The molecular weight excluding hydrogens is 418 g/mol. The zero-order valence-corrected chi connectivity index (χ0v) is 17.0. The molecule has 32 heavy (non-hydrogen) atoms. The van der Waals surface area contributed by atoms with Crippen molar-refractivity contribution in [1.29, 1.82) is 0 Å². The van der Waals surface area contributed by atoms with Gasteiger partial charge in [-0.2, -0.15) is 4.98 Å². The zero-order valence-electron chi connectivity index (χ0n) is 17.0. The first-order valence-electron chi connectivity index (χ1n) is 9.89. The SMILES string of the molecule is CCc1nc(NC(=O)c2ccccc2)nc(CCc2noc(-c3ccc(F)cn3)n2)c1F. The van der Waals surface area contributed by atoms with Gasteiger partial charge in [0.2, 0.25) is 5.95 Å². The number of aryl methyl sites for hydroxylation is 3. The average Bonchev–Trinajstić information content (AvgIpc) is 3.29. The zero-order chi connectivity index (χ0) is 22.5. The third-order valence-electron chi connectivity index (χ3n) is 4.58. The molecule has 0 aliphatic heterocycles. The summed E-state index contributed by atoms with van der Waals surface area (Å²) in [6.07, 6.45) is 1.77. The Bertz CT molecular complexity index is 1230. The molecule has 162 valence electrons. The average molecular weight is 436 g/mol. The van der Waals surface area contributed by atoms with E-state index in [9.17, 15) is 13.6 Å². The van der Waals surface area contributed by atoms with Crippen LogP contribution in [0.2, 0.25) is 0 Å². The lowest BCUT2D eigenvalue weighted by Gasteiger charge is -2.10. The number of nitrogens with zero attached hydrogens (tertiary/aromatic N) is 5. The molecule has 4 rings (SSSR count). The van der Waals surface area contributed by atoms with Gasteiger partial charge in [0, 0.05) is 18.4 Å². The third kappa shape index (κ3) is 4.80. The maximum Gasteiger partial charge on any atom is 0.276 e. The van der Waals surface area contributed by atoms with Gasteiger partial charge in [0.15, 0.2) is 11.6 Å². The van der Waals surface area contributed by atoms with E-state index in [0.29, 0.717) is 23.5 Å². The summed E-state index contributed by atoms with van der Waals surface area (Å²) < 4.78 is 32.9. The second-order valence-electron chi connectivity index (χ2n) is 6.81. The Morgan fingerprint density at radius 2 is 1.78 bits per heavy atom. The second-order valence-corrected chi connectivity index (χ2v) is 6.81. The van der Waals surface area contributed by atoms with Gasteiger partial charge >= 0.3 is 0 Å². The van der Waals surface area contributed by atoms with Crippen LogP contribution in [0.3, 0.4) is 0 Å². The lowest BCUT2D eigenvalue weighted by atomic mass is 10.1. The highest BCUT2D eigenvalue weighted by Gasteiger charge is 2.17. The van der Waals surface area contributed by atoms with Gasteiger partial charge in [0.05, 0.1) is 17.6 Å². The van der Waals surface area contributed by atoms with Crippen LogP contribution in [0, 0.1) is 11.6 Å². The molecule has 0 bridgehead atoms. The molecule has 0 saturated heterocycles. The number of benzene rings is 1. The van der Waals surface area contributed by atoms with Gasteiger partial charge in [0.25, 0.3) is 11.8 Å². The predicted octanol–water partition coefficient (Wildman–Crippen LogP) is 3.80. The molecule has 0 saturated carbocycles. The van der Waals surface area contributed by atoms with Crippen LogP contribution in [0.5, 0.6) is 0 Å². The van der Waals surface area contributed by atoms with Crippen molar-refractivity contribution in [2.45, 2.75) is 26.2 Å². The number of carbonyl (C=O) groups is 1. The summed E-state index contributed by atoms with van der Waals surface area (Å²) in [6, 6.07) is 11.3. The lowest BCUT2D eigenvalue weighted by molar-refractivity contribution is 0.102. The van der Waals surface area contributed by atoms with E-state index in [2.05, 4.69) is 30.4 Å². The van der Waals surface area contributed by atoms with Crippen molar-refractivity contribution < 1.29 is 18.1 Å². The lowest BCUT2D eigenvalue weighted by Crippen LogP contribution is -2.17. The van der Waals surface area contributed by atoms with E-state index in [4.69, 9.17) is 4.52 Å². The molecule has 3 aromatic heterocycles. The van der Waals surface area contributed by atoms with E-state index in [1.165, 1.54) is 12.1 Å². The van der Waals surface area contributed by atoms with Crippen molar-refractivity contribution in [1.82, 2.24) is 25.1 Å². The van der Waals surface area contributed by atoms with E-state index in [1.807, 2.05) is 0 Å². The predicted molar refractivity (Wildman–Crippen MR) is 111 cm³/mol. The normalized spacial score (nSPS) is 10.8. The highest BCUT2D eigenvalue weighted by atomic mass is 19.1. The molecular formula is C22H18F2N6O2. The summed E-state index contributed by atoms with van der Waals surface area (Å²) in [5.41, 5.74) is 1.10. The number of amides is 1. The molecule has 0 radical (unpaired) electrons. The van der Waals surface area contributed by atoms with Crippen LogP contribution >= 0.6 is 0 Å². The molecule has 1 amide bonds. The van der Waals surface area contributed by atoms with Gasteiger partial charge in [-0.15, -0.1) is 0 Å². The third-order valence-corrected chi connectivity index (χ3v) is 4.58. The second kappa shape index (κ2) is 9.38. The Hall–Kier alpha value is -4.08. The summed E-state index contributed by atoms with van der Waals surface area (Å²) in [7, 11) is 0. The van der Waals surface area contributed by atoms with Crippen LogP contribution in [0.4, 0.5) is 14.7 Å². The molecule has 8 nitrogen and oxygen atoms in total. The minimum absolute atomic E-state index is 0.0245. The molecule has 0 atom stereocenters. The van der Waals surface area contributed by atoms with Crippen molar-refractivity contribution in [3.63, 3.8) is 0 Å². The number of hydrogen-bond donors (Lipinski definition) is 1. The van der Waals surface area contributed by atoms with Crippen LogP contribution in [0.15, 0.2) is 53.2 Å². The molecule has 1 N–H and O–H groups in total. The highest BCUT2D eigenvalue weighted by molar-refractivity contribution is 6.03. The number of pyridine rings is 1. The van der Waals surface area contributed by atoms with Crippen molar-refractivity contribution in [2.75, 3.05) is 5.32 Å². The summed E-state index contributed by atoms with van der Waals surface area (Å²) >= 11 is 0. The maximum atomic E-state index is 14.8. The van der Waals surface area contributed by atoms with Crippen LogP contribution in [-0.4, -0.2) is 31.0 Å². The monoisotopic (exact) mass is 436 g/mol. The van der Waals surface area contributed by atoms with Crippen molar-refractivity contribution in [3.8, 4) is 11.6 Å². The van der Waals surface area contributed by atoms with Gasteiger partial charge in [-0.3, -0.25) is 10.1 Å². The Kier molecular flexibility index (Phi) is 6.20. The summed E-state index contributed by atoms with van der Waals surface area (Å²) in [5, 5.41) is 6.47. The summed E-state index contributed by atoms with van der Waals surface area (Å²) in [4.78, 5) is 28.8. The Balaban J connectivity index is 1.50. The number of aromatic nitrogens is 5. The quantitative estimate of drug-likeness (QED) is 0.470. The van der Waals surface area contributed by atoms with Crippen LogP contribution in [0.25, 0.3) is 11.6 Å². The number of halogens is 2. The maximum absolute atomic E-state index is 14.8. The van der Waals surface area contributed by atoms with Gasteiger partial charge in [-0.25, -0.2) is 23.7 Å². The van der Waals surface area contributed by atoms with E-state index in [1.54, 1.807) is 37.3 Å². The topological polar surface area (TPSA) is 107 Å². The fourth-order valence-corrected chi connectivity index (χ4v) is 2.96.